The van der Waals surface area contributed by atoms with Gasteiger partial charge in [0, 0.05) is 12.3 Å². The summed E-state index contributed by atoms with van der Waals surface area (Å²) in [5, 5.41) is 4.89. The second-order valence-corrected chi connectivity index (χ2v) is 3.66. The monoisotopic (exact) mass is 171 g/mol. The first-order chi connectivity index (χ1) is 5.17. The molecule has 1 aromatic rings. The first-order valence-corrected chi connectivity index (χ1v) is 4.46. The minimum atomic E-state index is -3.26. The molecule has 2 rings (SSSR count). The third-order valence-corrected chi connectivity index (χ3v) is 2.27. The summed E-state index contributed by atoms with van der Waals surface area (Å²) in [4.78, 5) is 0. The summed E-state index contributed by atoms with van der Waals surface area (Å²) in [5.41, 5.74) is 0. The van der Waals surface area contributed by atoms with Crippen molar-refractivity contribution in [2.45, 2.75) is 0 Å². The fraction of sp³-hybridized carbons (Fsp3) is 0. The number of fused-ring (bicyclic) bond motifs is 1. The van der Waals surface area contributed by atoms with Crippen LogP contribution in [0.4, 0.5) is 5.82 Å². The van der Waals surface area contributed by atoms with E-state index < -0.39 is 10.0 Å². The summed E-state index contributed by atoms with van der Waals surface area (Å²) >= 11 is 0. The highest BCUT2D eigenvalue weighted by Crippen LogP contribution is 2.14. The number of anilines is 1. The average Bonchev–Trinajstić information content (AvgIpc) is 2.31. The van der Waals surface area contributed by atoms with E-state index in [0.29, 0.717) is 5.82 Å². The highest BCUT2D eigenvalue weighted by atomic mass is 32.2. The molecule has 58 valence electrons. The van der Waals surface area contributed by atoms with Gasteiger partial charge in [0.15, 0.2) is 0 Å². The van der Waals surface area contributed by atoms with Crippen LogP contribution in [0.3, 0.4) is 0 Å². The molecule has 1 N–H and O–H groups in total. The maximum absolute atomic E-state index is 10.9. The number of hydrogen-bond donors (Lipinski definition) is 1. The van der Waals surface area contributed by atoms with Crippen molar-refractivity contribution in [2.24, 2.45) is 0 Å². The molecule has 0 saturated heterocycles. The van der Waals surface area contributed by atoms with Crippen molar-refractivity contribution in [1.29, 1.82) is 0 Å². The normalized spacial score (nSPS) is 18.9. The zero-order chi connectivity index (χ0) is 7.90. The van der Waals surface area contributed by atoms with E-state index in [0.717, 1.165) is 5.41 Å². The first kappa shape index (κ1) is 6.41. The van der Waals surface area contributed by atoms with Crippen LogP contribution in [0.1, 0.15) is 0 Å². The minimum Gasteiger partial charge on any atom is -0.264 e. The van der Waals surface area contributed by atoms with Crippen molar-refractivity contribution in [3.63, 3.8) is 0 Å². The molecular formula is C5H5N3O2S. The van der Waals surface area contributed by atoms with Crippen molar-refractivity contribution < 1.29 is 8.42 Å². The van der Waals surface area contributed by atoms with Gasteiger partial charge in [-0.3, -0.25) is 4.72 Å². The van der Waals surface area contributed by atoms with Gasteiger partial charge in [-0.25, -0.2) is 13.1 Å². The van der Waals surface area contributed by atoms with Gasteiger partial charge in [-0.2, -0.15) is 5.10 Å². The molecule has 0 aromatic carbocycles. The Balaban J connectivity index is 2.60. The maximum atomic E-state index is 10.9. The van der Waals surface area contributed by atoms with E-state index >= 15 is 0 Å². The van der Waals surface area contributed by atoms with E-state index in [1.54, 1.807) is 6.07 Å². The largest absolute Gasteiger partial charge is 0.264 e. The maximum Gasteiger partial charge on any atom is 0.257 e. The molecule has 0 bridgehead atoms. The molecule has 11 heavy (non-hydrogen) atoms. The summed E-state index contributed by atoms with van der Waals surface area (Å²) in [6.45, 7) is 0. The Bertz CT molecular complexity index is 403. The number of hydrogen-bond acceptors (Lipinski definition) is 3. The van der Waals surface area contributed by atoms with Crippen LogP contribution in [0.25, 0.3) is 6.20 Å². The molecule has 0 radical (unpaired) electrons. The average molecular weight is 171 g/mol. The molecule has 0 fully saturated rings. The van der Waals surface area contributed by atoms with Crippen molar-refractivity contribution >= 4 is 22.0 Å². The number of nitrogens with one attached hydrogen (secondary N) is 1. The van der Waals surface area contributed by atoms with Crippen molar-refractivity contribution in [3.8, 4) is 0 Å². The second kappa shape index (κ2) is 1.85. The molecule has 0 unspecified atom stereocenters. The molecular weight excluding hydrogens is 166 g/mol. The number of sulfonamides is 1. The predicted molar refractivity (Wildman–Crippen MR) is 40.1 cm³/mol. The standard InChI is InChI=1S/C5H5N3O2S/c9-11(10)4-3-8-5(7-11)1-2-6-8/h1-4,7H. The van der Waals surface area contributed by atoms with Gasteiger partial charge in [-0.1, -0.05) is 0 Å². The first-order valence-electron chi connectivity index (χ1n) is 2.92. The highest BCUT2D eigenvalue weighted by Gasteiger charge is 2.13. The fourth-order valence-corrected chi connectivity index (χ4v) is 1.63. The highest BCUT2D eigenvalue weighted by molar-refractivity contribution is 7.95. The Morgan fingerprint density at radius 3 is 3.18 bits per heavy atom. The topological polar surface area (TPSA) is 64.0 Å². The minimum absolute atomic E-state index is 0.465. The van der Waals surface area contributed by atoms with Gasteiger partial charge in [-0.15, -0.1) is 0 Å². The molecule has 5 nitrogen and oxygen atoms in total. The van der Waals surface area contributed by atoms with E-state index in [1.165, 1.54) is 17.1 Å². The Labute approximate surface area is 63.4 Å². The van der Waals surface area contributed by atoms with Crippen LogP contribution in [0.2, 0.25) is 0 Å². The summed E-state index contributed by atoms with van der Waals surface area (Å²) in [7, 11) is -3.26. The number of nitrogens with zero attached hydrogens (tertiary/aromatic N) is 2. The molecule has 0 aliphatic carbocycles. The van der Waals surface area contributed by atoms with Crippen LogP contribution in [0.5, 0.6) is 0 Å². The number of aromatic nitrogens is 2. The van der Waals surface area contributed by atoms with Gasteiger partial charge >= 0.3 is 0 Å². The Kier molecular flexibility index (Phi) is 1.08. The zero-order valence-corrected chi connectivity index (χ0v) is 6.25. The predicted octanol–water partition coefficient (Wildman–Crippen LogP) is 0.0666. The fourth-order valence-electron chi connectivity index (χ4n) is 0.831. The van der Waals surface area contributed by atoms with Crippen molar-refractivity contribution in [3.05, 3.63) is 17.7 Å². The van der Waals surface area contributed by atoms with Gasteiger partial charge in [0.1, 0.15) is 5.82 Å². The quantitative estimate of drug-likeness (QED) is 0.600. The van der Waals surface area contributed by atoms with E-state index in [9.17, 15) is 8.42 Å². The Hall–Kier alpha value is -1.30. The van der Waals surface area contributed by atoms with Crippen LogP contribution < -0.4 is 4.72 Å². The number of rotatable bonds is 0. The lowest BCUT2D eigenvalue weighted by atomic mass is 10.6. The van der Waals surface area contributed by atoms with E-state index in [-0.39, 0.29) is 0 Å². The van der Waals surface area contributed by atoms with Gasteiger partial charge in [0.2, 0.25) is 0 Å². The molecule has 6 heteroatoms. The van der Waals surface area contributed by atoms with Gasteiger partial charge in [0.05, 0.1) is 11.6 Å². The molecule has 2 heterocycles. The molecule has 1 aliphatic rings. The summed E-state index contributed by atoms with van der Waals surface area (Å²) in [6.07, 6.45) is 2.91. The lowest BCUT2D eigenvalue weighted by Crippen LogP contribution is -2.15. The van der Waals surface area contributed by atoms with Crippen LogP contribution in [-0.4, -0.2) is 18.2 Å². The molecule has 0 amide bonds. The molecule has 0 saturated carbocycles. The van der Waals surface area contributed by atoms with Gasteiger partial charge in [0.25, 0.3) is 10.0 Å². The summed E-state index contributed by atoms with van der Waals surface area (Å²) < 4.78 is 25.5. The third kappa shape index (κ3) is 1.01. The second-order valence-electron chi connectivity index (χ2n) is 2.09. The smallest absolute Gasteiger partial charge is 0.257 e. The molecule has 0 atom stereocenters. The van der Waals surface area contributed by atoms with Crippen LogP contribution in [0, 0.1) is 0 Å². The van der Waals surface area contributed by atoms with Gasteiger partial charge < -0.3 is 0 Å². The van der Waals surface area contributed by atoms with Crippen LogP contribution in [-0.2, 0) is 10.0 Å². The van der Waals surface area contributed by atoms with E-state index in [2.05, 4.69) is 9.82 Å². The van der Waals surface area contributed by atoms with Crippen LogP contribution >= 0.6 is 0 Å². The van der Waals surface area contributed by atoms with E-state index in [4.69, 9.17) is 0 Å². The molecule has 1 aromatic heterocycles. The zero-order valence-electron chi connectivity index (χ0n) is 5.43. The van der Waals surface area contributed by atoms with E-state index in [1.807, 2.05) is 0 Å². The summed E-state index contributed by atoms with van der Waals surface area (Å²) in [5.74, 6) is 0.465. The van der Waals surface area contributed by atoms with Crippen LogP contribution in [0.15, 0.2) is 17.7 Å². The Morgan fingerprint density at radius 2 is 2.36 bits per heavy atom. The van der Waals surface area contributed by atoms with Crippen molar-refractivity contribution in [2.75, 3.05) is 4.72 Å². The summed E-state index contributed by atoms with van der Waals surface area (Å²) in [6, 6.07) is 1.58. The Morgan fingerprint density at radius 1 is 1.55 bits per heavy atom. The molecule has 1 aliphatic heterocycles. The molecule has 0 spiro atoms. The van der Waals surface area contributed by atoms with Crippen molar-refractivity contribution in [1.82, 2.24) is 9.78 Å². The SMILES string of the molecule is O=S1(=O)C=Cn2nccc2N1. The lowest BCUT2D eigenvalue weighted by molar-refractivity contribution is 0.608. The lowest BCUT2D eigenvalue weighted by Gasteiger charge is -2.08. The van der Waals surface area contributed by atoms with Gasteiger partial charge in [-0.05, 0) is 0 Å². The third-order valence-electron chi connectivity index (χ3n) is 1.30.